The molecule has 8 heteroatoms. The number of non-ortho nitro benzene ring substituents is 1. The first-order valence-corrected chi connectivity index (χ1v) is 6.39. The number of nitro benzene ring substituents is 1. The molecule has 0 atom stereocenters. The van der Waals surface area contributed by atoms with Gasteiger partial charge in [-0.25, -0.2) is 4.79 Å². The third-order valence-corrected chi connectivity index (χ3v) is 3.19. The predicted molar refractivity (Wildman–Crippen MR) is 71.4 cm³/mol. The second-order valence-corrected chi connectivity index (χ2v) is 4.69. The Kier molecular flexibility index (Phi) is 4.49. The van der Waals surface area contributed by atoms with E-state index in [0.29, 0.717) is 26.1 Å². The Hall–Kier alpha value is -2.48. The number of carboxylic acids is 1. The average molecular weight is 294 g/mol. The van der Waals surface area contributed by atoms with Gasteiger partial charge in [0, 0.05) is 37.0 Å². The summed E-state index contributed by atoms with van der Waals surface area (Å²) in [6, 6.07) is 3.05. The van der Waals surface area contributed by atoms with E-state index in [2.05, 4.69) is 5.32 Å². The van der Waals surface area contributed by atoms with Crippen molar-refractivity contribution in [2.24, 2.45) is 0 Å². The number of amides is 1. The molecule has 1 amide bonds. The van der Waals surface area contributed by atoms with Crippen LogP contribution in [-0.4, -0.2) is 41.2 Å². The smallest absolute Gasteiger partial charge is 0.335 e. The Morgan fingerprint density at radius 2 is 1.86 bits per heavy atom. The van der Waals surface area contributed by atoms with E-state index in [9.17, 15) is 19.7 Å². The molecule has 2 rings (SSSR count). The minimum atomic E-state index is -1.32. The summed E-state index contributed by atoms with van der Waals surface area (Å²) in [5.74, 6) is -1.84. The lowest BCUT2D eigenvalue weighted by molar-refractivity contribution is -0.384. The highest BCUT2D eigenvalue weighted by molar-refractivity contribution is 5.98. The maximum atomic E-state index is 12.1. The minimum absolute atomic E-state index is 0.0342. The second kappa shape index (κ2) is 6.31. The quantitative estimate of drug-likeness (QED) is 0.636. The molecule has 0 aliphatic carbocycles. The van der Waals surface area contributed by atoms with Crippen LogP contribution in [0, 0.1) is 10.1 Å². The van der Waals surface area contributed by atoms with Crippen LogP contribution in [0.4, 0.5) is 5.69 Å². The lowest BCUT2D eigenvalue weighted by Gasteiger charge is -2.23. The van der Waals surface area contributed by atoms with Crippen molar-refractivity contribution in [1.82, 2.24) is 5.32 Å². The summed E-state index contributed by atoms with van der Waals surface area (Å²) in [6.45, 7) is 1.08. The first kappa shape index (κ1) is 14.9. The second-order valence-electron chi connectivity index (χ2n) is 4.69. The number of nitrogens with one attached hydrogen (secondary N) is 1. The average Bonchev–Trinajstić information content (AvgIpc) is 2.47. The van der Waals surface area contributed by atoms with Gasteiger partial charge in [-0.05, 0) is 18.9 Å². The zero-order valence-corrected chi connectivity index (χ0v) is 11.1. The summed E-state index contributed by atoms with van der Waals surface area (Å²) in [6.07, 6.45) is 1.32. The van der Waals surface area contributed by atoms with Gasteiger partial charge >= 0.3 is 5.97 Å². The molecule has 0 radical (unpaired) electrons. The normalized spacial score (nSPS) is 15.4. The number of carbonyl (C=O) groups excluding carboxylic acids is 1. The number of benzene rings is 1. The predicted octanol–water partition coefficient (Wildman–Crippen LogP) is 1.20. The maximum Gasteiger partial charge on any atom is 0.335 e. The molecule has 0 unspecified atom stereocenters. The van der Waals surface area contributed by atoms with Crippen molar-refractivity contribution in [3.8, 4) is 0 Å². The van der Waals surface area contributed by atoms with Gasteiger partial charge in [-0.2, -0.15) is 0 Å². The third-order valence-electron chi connectivity index (χ3n) is 3.19. The first-order chi connectivity index (χ1) is 9.97. The topological polar surface area (TPSA) is 119 Å². The number of carbonyl (C=O) groups is 2. The molecular formula is C13H14N2O6. The number of hydrogen-bond acceptors (Lipinski definition) is 5. The number of aromatic carboxylic acids is 1. The van der Waals surface area contributed by atoms with Crippen molar-refractivity contribution in [3.05, 3.63) is 39.4 Å². The van der Waals surface area contributed by atoms with Gasteiger partial charge in [0.15, 0.2) is 0 Å². The highest BCUT2D eigenvalue weighted by Gasteiger charge is 2.21. The van der Waals surface area contributed by atoms with Crippen LogP contribution < -0.4 is 5.32 Å². The summed E-state index contributed by atoms with van der Waals surface area (Å²) in [5.41, 5.74) is -0.749. The number of nitrogens with zero attached hydrogens (tertiary/aromatic N) is 1. The lowest BCUT2D eigenvalue weighted by atomic mass is 10.1. The van der Waals surface area contributed by atoms with Gasteiger partial charge in [-0.1, -0.05) is 0 Å². The minimum Gasteiger partial charge on any atom is -0.478 e. The fourth-order valence-electron chi connectivity index (χ4n) is 2.08. The van der Waals surface area contributed by atoms with E-state index in [0.717, 1.165) is 18.2 Å². The van der Waals surface area contributed by atoms with Crippen molar-refractivity contribution in [1.29, 1.82) is 0 Å². The van der Waals surface area contributed by atoms with Gasteiger partial charge < -0.3 is 15.2 Å². The van der Waals surface area contributed by atoms with Crippen LogP contribution in [0.25, 0.3) is 0 Å². The molecule has 1 saturated heterocycles. The molecule has 0 bridgehead atoms. The van der Waals surface area contributed by atoms with Crippen LogP contribution >= 0.6 is 0 Å². The summed E-state index contributed by atoms with van der Waals surface area (Å²) in [4.78, 5) is 33.1. The molecule has 0 spiro atoms. The molecule has 1 fully saturated rings. The van der Waals surface area contributed by atoms with E-state index >= 15 is 0 Å². The molecule has 1 aliphatic rings. The maximum absolute atomic E-state index is 12.1. The number of ether oxygens (including phenoxy) is 1. The summed E-state index contributed by atoms with van der Waals surface area (Å²) in [7, 11) is 0. The van der Waals surface area contributed by atoms with Crippen LogP contribution in [0.1, 0.15) is 33.6 Å². The van der Waals surface area contributed by atoms with E-state index in [1.54, 1.807) is 0 Å². The molecule has 1 aliphatic heterocycles. The Bertz CT molecular complexity index is 548. The molecule has 8 nitrogen and oxygen atoms in total. The number of carboxylic acid groups (broad SMARTS) is 1. The standard InChI is InChI=1S/C13H14N2O6/c16-12(14-10-1-3-21-4-2-10)8-5-9(13(17)18)7-11(6-8)15(19)20/h5-7,10H,1-4H2,(H,14,16)(H,17,18). The number of hydrogen-bond donors (Lipinski definition) is 2. The summed E-state index contributed by atoms with van der Waals surface area (Å²) < 4.78 is 5.17. The van der Waals surface area contributed by atoms with Gasteiger partial charge in [0.1, 0.15) is 0 Å². The van der Waals surface area contributed by atoms with Gasteiger partial charge in [0.25, 0.3) is 11.6 Å². The lowest BCUT2D eigenvalue weighted by Crippen LogP contribution is -2.38. The molecule has 0 saturated carbocycles. The third kappa shape index (κ3) is 3.76. The SMILES string of the molecule is O=C(O)c1cc(C(=O)NC2CCOCC2)cc([N+](=O)[O-])c1. The first-order valence-electron chi connectivity index (χ1n) is 6.39. The fourth-order valence-corrected chi connectivity index (χ4v) is 2.08. The van der Waals surface area contributed by atoms with Gasteiger partial charge in [0.2, 0.25) is 0 Å². The summed E-state index contributed by atoms with van der Waals surface area (Å²) in [5, 5.41) is 22.5. The monoisotopic (exact) mass is 294 g/mol. The van der Waals surface area contributed by atoms with Crippen LogP contribution in [0.2, 0.25) is 0 Å². The van der Waals surface area contributed by atoms with Crippen LogP contribution in [0.5, 0.6) is 0 Å². The van der Waals surface area contributed by atoms with Crippen molar-refractivity contribution in [3.63, 3.8) is 0 Å². The van der Waals surface area contributed by atoms with E-state index in [4.69, 9.17) is 9.84 Å². The van der Waals surface area contributed by atoms with Gasteiger partial charge in [0.05, 0.1) is 10.5 Å². The highest BCUT2D eigenvalue weighted by Crippen LogP contribution is 2.18. The zero-order chi connectivity index (χ0) is 15.4. The Labute approximate surface area is 119 Å². The molecule has 112 valence electrons. The molecule has 1 aromatic carbocycles. The molecule has 1 aromatic rings. The van der Waals surface area contributed by atoms with Crippen LogP contribution in [0.15, 0.2) is 18.2 Å². The Morgan fingerprint density at radius 3 is 2.43 bits per heavy atom. The zero-order valence-electron chi connectivity index (χ0n) is 11.1. The van der Waals surface area contributed by atoms with E-state index < -0.39 is 22.5 Å². The highest BCUT2D eigenvalue weighted by atomic mass is 16.6. The Morgan fingerprint density at radius 1 is 1.24 bits per heavy atom. The van der Waals surface area contributed by atoms with Crippen molar-refractivity contribution >= 4 is 17.6 Å². The molecular weight excluding hydrogens is 280 g/mol. The largest absolute Gasteiger partial charge is 0.478 e. The van der Waals surface area contributed by atoms with Crippen molar-refractivity contribution in [2.75, 3.05) is 13.2 Å². The van der Waals surface area contributed by atoms with Gasteiger partial charge in [-0.15, -0.1) is 0 Å². The van der Waals surface area contributed by atoms with E-state index in [-0.39, 0.29) is 17.2 Å². The molecule has 0 aromatic heterocycles. The molecule has 21 heavy (non-hydrogen) atoms. The van der Waals surface area contributed by atoms with Crippen LogP contribution in [0.3, 0.4) is 0 Å². The van der Waals surface area contributed by atoms with Crippen molar-refractivity contribution in [2.45, 2.75) is 18.9 Å². The molecule has 2 N–H and O–H groups in total. The number of rotatable bonds is 4. The van der Waals surface area contributed by atoms with Crippen LogP contribution in [-0.2, 0) is 4.74 Å². The Balaban J connectivity index is 2.22. The van der Waals surface area contributed by atoms with E-state index in [1.165, 1.54) is 0 Å². The number of nitro groups is 1. The molecule has 1 heterocycles. The van der Waals surface area contributed by atoms with E-state index in [1.807, 2.05) is 0 Å². The fraction of sp³-hybridized carbons (Fsp3) is 0.385. The van der Waals surface area contributed by atoms with Crippen molar-refractivity contribution < 1.29 is 24.4 Å². The van der Waals surface area contributed by atoms with Gasteiger partial charge in [-0.3, -0.25) is 14.9 Å². The summed E-state index contributed by atoms with van der Waals surface area (Å²) >= 11 is 0.